The molecule has 0 fully saturated rings. The number of furan rings is 1. The Balaban J connectivity index is 1.83. The fourth-order valence-electron chi connectivity index (χ4n) is 1.48. The quantitative estimate of drug-likeness (QED) is 0.661. The molecule has 0 saturated heterocycles. The van der Waals surface area contributed by atoms with Crippen molar-refractivity contribution in [2.75, 3.05) is 0 Å². The number of amides is 1. The molecule has 92 valence electrons. The van der Waals surface area contributed by atoms with E-state index in [-0.39, 0.29) is 11.7 Å². The van der Waals surface area contributed by atoms with Crippen LogP contribution < -0.4 is 5.43 Å². The van der Waals surface area contributed by atoms with E-state index in [0.29, 0.717) is 12.2 Å². The van der Waals surface area contributed by atoms with Crippen LogP contribution in [-0.2, 0) is 6.42 Å². The van der Waals surface area contributed by atoms with Crippen molar-refractivity contribution in [1.29, 1.82) is 0 Å². The molecular weight excluding hydrogens is 228 g/mol. The number of hydrazone groups is 1. The van der Waals surface area contributed by atoms with Crippen molar-refractivity contribution < 1.29 is 9.21 Å². The second-order valence-corrected chi connectivity index (χ2v) is 3.85. The molecule has 18 heavy (non-hydrogen) atoms. The Kier molecular flexibility index (Phi) is 3.91. The van der Waals surface area contributed by atoms with Gasteiger partial charge < -0.3 is 4.42 Å². The number of carbonyl (C=O) groups is 1. The number of hydrogen-bond acceptors (Lipinski definition) is 3. The summed E-state index contributed by atoms with van der Waals surface area (Å²) in [6.45, 7) is 1.79. The van der Waals surface area contributed by atoms with Crippen LogP contribution in [0.4, 0.5) is 0 Å². The summed E-state index contributed by atoms with van der Waals surface area (Å²) >= 11 is 0. The Morgan fingerprint density at radius 3 is 2.72 bits per heavy atom. The Morgan fingerprint density at radius 1 is 1.28 bits per heavy atom. The molecule has 0 aliphatic rings. The topological polar surface area (TPSA) is 54.6 Å². The van der Waals surface area contributed by atoms with Gasteiger partial charge in [0.2, 0.25) is 0 Å². The molecule has 0 atom stereocenters. The predicted octanol–water partition coefficient (Wildman–Crippen LogP) is 2.55. The molecule has 0 aliphatic carbocycles. The first kappa shape index (κ1) is 12.1. The van der Waals surface area contributed by atoms with Gasteiger partial charge in [-0.25, -0.2) is 5.43 Å². The van der Waals surface area contributed by atoms with E-state index in [2.05, 4.69) is 10.5 Å². The Morgan fingerprint density at radius 2 is 2.06 bits per heavy atom. The average molecular weight is 242 g/mol. The van der Waals surface area contributed by atoms with E-state index < -0.39 is 0 Å². The molecule has 0 bridgehead atoms. The third kappa shape index (κ3) is 3.31. The largest absolute Gasteiger partial charge is 0.456 e. The van der Waals surface area contributed by atoms with Crippen LogP contribution in [0.25, 0.3) is 0 Å². The van der Waals surface area contributed by atoms with Gasteiger partial charge in [-0.2, -0.15) is 5.10 Å². The normalized spacial score (nSPS) is 10.7. The smallest absolute Gasteiger partial charge is 0.307 e. The Bertz CT molecular complexity index is 544. The maximum absolute atomic E-state index is 11.6. The maximum Gasteiger partial charge on any atom is 0.307 e. The SMILES string of the molecule is Cc1ccc(C(=O)NN=CCc2ccccc2)o1. The van der Waals surface area contributed by atoms with E-state index in [1.165, 1.54) is 0 Å². The molecule has 2 aromatic rings. The van der Waals surface area contributed by atoms with Gasteiger partial charge in [-0.05, 0) is 24.6 Å². The minimum atomic E-state index is -0.340. The van der Waals surface area contributed by atoms with Crippen LogP contribution in [0.15, 0.2) is 52.0 Å². The molecule has 1 N–H and O–H groups in total. The van der Waals surface area contributed by atoms with Gasteiger partial charge in [-0.15, -0.1) is 0 Å². The van der Waals surface area contributed by atoms with E-state index in [0.717, 1.165) is 5.56 Å². The zero-order valence-electron chi connectivity index (χ0n) is 10.1. The summed E-state index contributed by atoms with van der Waals surface area (Å²) in [5.41, 5.74) is 3.56. The van der Waals surface area contributed by atoms with Crippen molar-refractivity contribution in [3.05, 3.63) is 59.5 Å². The van der Waals surface area contributed by atoms with Gasteiger partial charge in [0, 0.05) is 12.6 Å². The lowest BCUT2D eigenvalue weighted by Gasteiger charge is -1.96. The average Bonchev–Trinajstić information content (AvgIpc) is 2.82. The van der Waals surface area contributed by atoms with Gasteiger partial charge in [-0.3, -0.25) is 4.79 Å². The lowest BCUT2D eigenvalue weighted by molar-refractivity contribution is 0.0926. The summed E-state index contributed by atoms with van der Waals surface area (Å²) in [5.74, 6) is 0.630. The van der Waals surface area contributed by atoms with E-state index in [4.69, 9.17) is 4.42 Å². The minimum absolute atomic E-state index is 0.268. The third-order valence-corrected chi connectivity index (χ3v) is 2.39. The van der Waals surface area contributed by atoms with Gasteiger partial charge in [0.25, 0.3) is 0 Å². The van der Waals surface area contributed by atoms with Gasteiger partial charge in [0.15, 0.2) is 5.76 Å². The standard InChI is InChI=1S/C14H14N2O2/c1-11-7-8-13(18-11)14(17)16-15-10-9-12-5-3-2-4-6-12/h2-8,10H,9H2,1H3,(H,16,17). The molecular formula is C14H14N2O2. The molecule has 0 aliphatic heterocycles. The minimum Gasteiger partial charge on any atom is -0.456 e. The number of nitrogens with one attached hydrogen (secondary N) is 1. The Labute approximate surface area is 105 Å². The molecule has 0 unspecified atom stereocenters. The first-order chi connectivity index (χ1) is 8.75. The molecule has 2 rings (SSSR count). The predicted molar refractivity (Wildman–Crippen MR) is 69.5 cm³/mol. The highest BCUT2D eigenvalue weighted by atomic mass is 16.3. The van der Waals surface area contributed by atoms with Crippen LogP contribution in [0.2, 0.25) is 0 Å². The molecule has 0 spiro atoms. The number of aryl methyl sites for hydroxylation is 1. The van der Waals surface area contributed by atoms with Gasteiger partial charge in [0.05, 0.1) is 0 Å². The van der Waals surface area contributed by atoms with Gasteiger partial charge >= 0.3 is 5.91 Å². The number of carbonyl (C=O) groups excluding carboxylic acids is 1. The zero-order valence-corrected chi connectivity index (χ0v) is 10.1. The molecule has 4 heteroatoms. The first-order valence-corrected chi connectivity index (χ1v) is 5.68. The van der Waals surface area contributed by atoms with Gasteiger partial charge in [0.1, 0.15) is 5.76 Å². The molecule has 1 aromatic carbocycles. The molecule has 1 amide bonds. The van der Waals surface area contributed by atoms with Crippen LogP contribution >= 0.6 is 0 Å². The number of benzene rings is 1. The summed E-state index contributed by atoms with van der Waals surface area (Å²) in [7, 11) is 0. The highest BCUT2D eigenvalue weighted by Gasteiger charge is 2.07. The lowest BCUT2D eigenvalue weighted by atomic mass is 10.2. The summed E-state index contributed by atoms with van der Waals surface area (Å²) < 4.78 is 5.17. The zero-order chi connectivity index (χ0) is 12.8. The highest BCUT2D eigenvalue weighted by molar-refractivity contribution is 5.91. The van der Waals surface area contributed by atoms with Crippen LogP contribution in [0, 0.1) is 6.92 Å². The summed E-state index contributed by atoms with van der Waals surface area (Å²) in [5, 5.41) is 3.87. The van der Waals surface area contributed by atoms with Crippen molar-refractivity contribution in [1.82, 2.24) is 5.43 Å². The van der Waals surface area contributed by atoms with Gasteiger partial charge in [-0.1, -0.05) is 30.3 Å². The van der Waals surface area contributed by atoms with Crippen molar-refractivity contribution in [3.63, 3.8) is 0 Å². The maximum atomic E-state index is 11.6. The van der Waals surface area contributed by atoms with Crippen LogP contribution in [-0.4, -0.2) is 12.1 Å². The number of hydrogen-bond donors (Lipinski definition) is 1. The number of nitrogens with zero attached hydrogens (tertiary/aromatic N) is 1. The molecule has 1 aromatic heterocycles. The van der Waals surface area contributed by atoms with E-state index in [1.807, 2.05) is 30.3 Å². The van der Waals surface area contributed by atoms with Crippen LogP contribution in [0.3, 0.4) is 0 Å². The van der Waals surface area contributed by atoms with Crippen molar-refractivity contribution in [3.8, 4) is 0 Å². The molecule has 1 heterocycles. The van der Waals surface area contributed by atoms with Crippen molar-refractivity contribution >= 4 is 12.1 Å². The van der Waals surface area contributed by atoms with Crippen LogP contribution in [0.1, 0.15) is 21.9 Å². The third-order valence-electron chi connectivity index (χ3n) is 2.39. The first-order valence-electron chi connectivity index (χ1n) is 5.68. The summed E-state index contributed by atoms with van der Waals surface area (Å²) in [4.78, 5) is 11.6. The fraction of sp³-hybridized carbons (Fsp3) is 0.143. The molecule has 0 saturated carbocycles. The fourth-order valence-corrected chi connectivity index (χ4v) is 1.48. The summed E-state index contributed by atoms with van der Waals surface area (Å²) in [6, 6.07) is 13.3. The molecule has 0 radical (unpaired) electrons. The van der Waals surface area contributed by atoms with Crippen molar-refractivity contribution in [2.45, 2.75) is 13.3 Å². The lowest BCUT2D eigenvalue weighted by Crippen LogP contribution is -2.16. The van der Waals surface area contributed by atoms with E-state index >= 15 is 0 Å². The monoisotopic (exact) mass is 242 g/mol. The molecule has 4 nitrogen and oxygen atoms in total. The Hall–Kier alpha value is -2.36. The van der Waals surface area contributed by atoms with E-state index in [9.17, 15) is 4.79 Å². The second-order valence-electron chi connectivity index (χ2n) is 3.85. The van der Waals surface area contributed by atoms with Crippen LogP contribution in [0.5, 0.6) is 0 Å². The second kappa shape index (κ2) is 5.82. The highest BCUT2D eigenvalue weighted by Crippen LogP contribution is 2.05. The van der Waals surface area contributed by atoms with Crippen molar-refractivity contribution in [2.24, 2.45) is 5.10 Å². The van der Waals surface area contributed by atoms with E-state index in [1.54, 1.807) is 25.3 Å². The summed E-state index contributed by atoms with van der Waals surface area (Å²) in [6.07, 6.45) is 2.33. The number of rotatable bonds is 4.